The summed E-state index contributed by atoms with van der Waals surface area (Å²) in [4.78, 5) is 12.1. The molecule has 1 fully saturated rings. The lowest BCUT2D eigenvalue weighted by Crippen LogP contribution is -2.42. The second-order valence-corrected chi connectivity index (χ2v) is 6.31. The average Bonchev–Trinajstić information content (AvgIpc) is 2.89. The van der Waals surface area contributed by atoms with E-state index in [1.807, 2.05) is 25.2 Å². The van der Waals surface area contributed by atoms with Crippen LogP contribution >= 0.6 is 0 Å². The van der Waals surface area contributed by atoms with Crippen molar-refractivity contribution in [2.45, 2.75) is 44.7 Å². The van der Waals surface area contributed by atoms with Gasteiger partial charge in [0.25, 0.3) is 0 Å². The Morgan fingerprint density at radius 3 is 2.83 bits per heavy atom. The minimum Gasteiger partial charge on any atom is -0.497 e. The van der Waals surface area contributed by atoms with Gasteiger partial charge < -0.3 is 19.9 Å². The van der Waals surface area contributed by atoms with Gasteiger partial charge in [-0.2, -0.15) is 0 Å². The third kappa shape index (κ3) is 3.60. The average molecular weight is 315 g/mol. The van der Waals surface area contributed by atoms with Gasteiger partial charge in [0.2, 0.25) is 0 Å². The third-order valence-electron chi connectivity index (χ3n) is 4.66. The van der Waals surface area contributed by atoms with E-state index in [9.17, 15) is 4.79 Å². The molecule has 23 heavy (non-hydrogen) atoms. The van der Waals surface area contributed by atoms with Gasteiger partial charge in [-0.25, -0.2) is 4.79 Å². The van der Waals surface area contributed by atoms with Gasteiger partial charge in [0.1, 0.15) is 5.75 Å². The van der Waals surface area contributed by atoms with Gasteiger partial charge in [-0.15, -0.1) is 0 Å². The van der Waals surface area contributed by atoms with E-state index in [1.165, 1.54) is 19.3 Å². The second-order valence-electron chi connectivity index (χ2n) is 6.31. The zero-order valence-electron chi connectivity index (χ0n) is 13.9. The molecule has 5 nitrogen and oxygen atoms in total. The number of urea groups is 1. The van der Waals surface area contributed by atoms with E-state index in [1.54, 1.807) is 7.11 Å². The van der Waals surface area contributed by atoms with Crippen LogP contribution in [0, 0.1) is 0 Å². The van der Waals surface area contributed by atoms with Crippen LogP contribution in [-0.2, 0) is 13.6 Å². The first-order valence-electron chi connectivity index (χ1n) is 8.33. The number of hydrogen-bond donors (Lipinski definition) is 2. The number of amides is 2. The highest BCUT2D eigenvalue weighted by molar-refractivity contribution is 5.86. The maximum atomic E-state index is 12.1. The monoisotopic (exact) mass is 315 g/mol. The van der Waals surface area contributed by atoms with Crippen molar-refractivity contribution in [3.05, 3.63) is 30.0 Å². The summed E-state index contributed by atoms with van der Waals surface area (Å²) in [6.45, 7) is 0.517. The first-order chi connectivity index (χ1) is 11.2. The summed E-state index contributed by atoms with van der Waals surface area (Å²) in [6.07, 6.45) is 7.97. The van der Waals surface area contributed by atoms with E-state index in [4.69, 9.17) is 4.74 Å². The van der Waals surface area contributed by atoms with Crippen molar-refractivity contribution in [1.29, 1.82) is 0 Å². The lowest BCUT2D eigenvalue weighted by molar-refractivity contribution is 0.232. The number of ether oxygens (including phenoxy) is 1. The van der Waals surface area contributed by atoms with Crippen molar-refractivity contribution in [2.24, 2.45) is 7.05 Å². The van der Waals surface area contributed by atoms with Gasteiger partial charge in [-0.3, -0.25) is 0 Å². The Morgan fingerprint density at radius 2 is 2.09 bits per heavy atom. The predicted octanol–water partition coefficient (Wildman–Crippen LogP) is 3.32. The highest BCUT2D eigenvalue weighted by Gasteiger charge is 2.16. The SMILES string of the molecule is COc1ccc2c(c1)c(CNC(=O)NC1CCCCC1)cn2C. The molecule has 1 aromatic carbocycles. The van der Waals surface area contributed by atoms with Gasteiger partial charge in [-0.05, 0) is 36.6 Å². The quantitative estimate of drug-likeness (QED) is 0.909. The number of hydrogen-bond acceptors (Lipinski definition) is 2. The predicted molar refractivity (Wildman–Crippen MR) is 91.7 cm³/mol. The van der Waals surface area contributed by atoms with E-state index in [-0.39, 0.29) is 6.03 Å². The molecule has 124 valence electrons. The molecule has 5 heteroatoms. The smallest absolute Gasteiger partial charge is 0.315 e. The van der Waals surface area contributed by atoms with Crippen LogP contribution in [0.1, 0.15) is 37.7 Å². The fourth-order valence-electron chi connectivity index (χ4n) is 3.38. The number of benzene rings is 1. The minimum absolute atomic E-state index is 0.0724. The minimum atomic E-state index is -0.0724. The number of methoxy groups -OCH3 is 1. The second kappa shape index (κ2) is 6.94. The third-order valence-corrected chi connectivity index (χ3v) is 4.66. The molecule has 1 aliphatic rings. The Morgan fingerprint density at radius 1 is 1.30 bits per heavy atom. The van der Waals surface area contributed by atoms with Crippen molar-refractivity contribution in [2.75, 3.05) is 7.11 Å². The molecule has 0 bridgehead atoms. The molecular weight excluding hydrogens is 290 g/mol. The molecule has 0 unspecified atom stereocenters. The fraction of sp³-hybridized carbons (Fsp3) is 0.500. The van der Waals surface area contributed by atoms with E-state index in [0.717, 1.165) is 35.1 Å². The molecule has 0 aliphatic heterocycles. The van der Waals surface area contributed by atoms with Crippen molar-refractivity contribution in [1.82, 2.24) is 15.2 Å². The summed E-state index contributed by atoms with van der Waals surface area (Å²) >= 11 is 0. The highest BCUT2D eigenvalue weighted by Crippen LogP contribution is 2.25. The molecule has 0 radical (unpaired) electrons. The number of carbonyl (C=O) groups is 1. The summed E-state index contributed by atoms with van der Waals surface area (Å²) in [7, 11) is 3.68. The van der Waals surface area contributed by atoms with Crippen LogP contribution in [0.25, 0.3) is 10.9 Å². The van der Waals surface area contributed by atoms with Crippen molar-refractivity contribution in [3.8, 4) is 5.75 Å². The van der Waals surface area contributed by atoms with Crippen LogP contribution in [0.4, 0.5) is 4.79 Å². The van der Waals surface area contributed by atoms with Crippen LogP contribution in [0.3, 0.4) is 0 Å². The van der Waals surface area contributed by atoms with Gasteiger partial charge in [0, 0.05) is 36.7 Å². The normalized spacial score (nSPS) is 15.6. The van der Waals surface area contributed by atoms with Gasteiger partial charge in [0.05, 0.1) is 7.11 Å². The maximum absolute atomic E-state index is 12.1. The first-order valence-corrected chi connectivity index (χ1v) is 8.33. The molecule has 1 aromatic heterocycles. The lowest BCUT2D eigenvalue weighted by atomic mass is 9.96. The van der Waals surface area contributed by atoms with E-state index in [0.29, 0.717) is 12.6 Å². The number of aryl methyl sites for hydroxylation is 1. The molecule has 2 N–H and O–H groups in total. The number of nitrogens with one attached hydrogen (secondary N) is 2. The van der Waals surface area contributed by atoms with Crippen LogP contribution in [0.15, 0.2) is 24.4 Å². The summed E-state index contributed by atoms with van der Waals surface area (Å²) in [5.74, 6) is 0.830. The molecule has 2 aromatic rings. The summed E-state index contributed by atoms with van der Waals surface area (Å²) in [5, 5.41) is 7.19. The first kappa shape index (κ1) is 15.7. The van der Waals surface area contributed by atoms with Crippen molar-refractivity contribution in [3.63, 3.8) is 0 Å². The molecule has 0 saturated heterocycles. The Balaban J connectivity index is 1.65. The van der Waals surface area contributed by atoms with E-state index < -0.39 is 0 Å². The van der Waals surface area contributed by atoms with Crippen LogP contribution in [0.2, 0.25) is 0 Å². The molecule has 1 saturated carbocycles. The number of rotatable bonds is 4. The molecule has 2 amide bonds. The standard InChI is InChI=1S/C18H25N3O2/c1-21-12-13(16-10-15(23-2)8-9-17(16)21)11-19-18(22)20-14-6-4-3-5-7-14/h8-10,12,14H,3-7,11H2,1-2H3,(H2,19,20,22). The topological polar surface area (TPSA) is 55.3 Å². The summed E-state index contributed by atoms with van der Waals surface area (Å²) < 4.78 is 7.38. The molecule has 1 aliphatic carbocycles. The zero-order valence-corrected chi connectivity index (χ0v) is 13.9. The number of nitrogens with zero attached hydrogens (tertiary/aromatic N) is 1. The van der Waals surface area contributed by atoms with Gasteiger partial charge >= 0.3 is 6.03 Å². The zero-order chi connectivity index (χ0) is 16.2. The maximum Gasteiger partial charge on any atom is 0.315 e. The summed E-state index contributed by atoms with van der Waals surface area (Å²) in [5.41, 5.74) is 2.23. The van der Waals surface area contributed by atoms with Crippen LogP contribution < -0.4 is 15.4 Å². The largest absolute Gasteiger partial charge is 0.497 e. The number of fused-ring (bicyclic) bond motifs is 1. The van der Waals surface area contributed by atoms with Gasteiger partial charge in [-0.1, -0.05) is 19.3 Å². The van der Waals surface area contributed by atoms with E-state index in [2.05, 4.69) is 21.4 Å². The Labute approximate surface area is 137 Å². The molecule has 3 rings (SSSR count). The molecule has 1 heterocycles. The van der Waals surface area contributed by atoms with Crippen LogP contribution in [0.5, 0.6) is 5.75 Å². The number of carbonyl (C=O) groups excluding carboxylic acids is 1. The Hall–Kier alpha value is -2.17. The summed E-state index contributed by atoms with van der Waals surface area (Å²) in [6, 6.07) is 6.27. The Bertz CT molecular complexity index is 687. The molecule has 0 atom stereocenters. The lowest BCUT2D eigenvalue weighted by Gasteiger charge is -2.22. The van der Waals surface area contributed by atoms with E-state index >= 15 is 0 Å². The fourth-order valence-corrected chi connectivity index (χ4v) is 3.38. The van der Waals surface area contributed by atoms with Crippen molar-refractivity contribution < 1.29 is 9.53 Å². The molecular formula is C18H25N3O2. The number of aromatic nitrogens is 1. The van der Waals surface area contributed by atoms with Gasteiger partial charge in [0.15, 0.2) is 0 Å². The van der Waals surface area contributed by atoms with Crippen molar-refractivity contribution >= 4 is 16.9 Å². The highest BCUT2D eigenvalue weighted by atomic mass is 16.5. The van der Waals surface area contributed by atoms with Crippen LogP contribution in [-0.4, -0.2) is 23.7 Å². The Kier molecular flexibility index (Phi) is 4.74. The molecule has 0 spiro atoms.